The smallest absolute Gasteiger partial charge is 0.419 e. The van der Waals surface area contributed by atoms with Crippen molar-refractivity contribution in [1.29, 1.82) is 0 Å². The molecule has 2 aromatic rings. The lowest BCUT2D eigenvalue weighted by Crippen LogP contribution is -2.27. The summed E-state index contributed by atoms with van der Waals surface area (Å²) in [5, 5.41) is 0. The number of aromatic nitrogens is 1. The third-order valence-corrected chi connectivity index (χ3v) is 3.08. The van der Waals surface area contributed by atoms with Crippen LogP contribution in [-0.4, -0.2) is 16.3 Å². The van der Waals surface area contributed by atoms with E-state index in [1.807, 2.05) is 0 Å². The van der Waals surface area contributed by atoms with Gasteiger partial charge in [0.1, 0.15) is 11.4 Å². The molecular weight excluding hydrogens is 363 g/mol. The number of nitrogens with zero attached hydrogens (tertiary/aromatic N) is 1. The second kappa shape index (κ2) is 5.79. The Morgan fingerprint density at radius 1 is 1.18 bits per heavy atom. The fraction of sp³-hybridized carbons (Fsp3) is 0.267. The summed E-state index contributed by atoms with van der Waals surface area (Å²) in [7, 11) is 0. The minimum atomic E-state index is -1.33. The lowest BCUT2D eigenvalue weighted by Gasteiger charge is -2.20. The first kappa shape index (κ1) is 16.6. The number of hydrogen-bond acceptors (Lipinski definition) is 2. The molecular formula is C15H13BrF3NO2. The van der Waals surface area contributed by atoms with Crippen LogP contribution in [0.1, 0.15) is 20.8 Å². The van der Waals surface area contributed by atoms with Gasteiger partial charge in [-0.05, 0) is 48.8 Å². The van der Waals surface area contributed by atoms with Gasteiger partial charge in [-0.25, -0.2) is 18.0 Å². The van der Waals surface area contributed by atoms with Crippen molar-refractivity contribution in [2.24, 2.45) is 0 Å². The molecule has 0 atom stereocenters. The number of carbonyl (C=O) groups is 1. The number of hydrogen-bond donors (Lipinski definition) is 0. The predicted molar refractivity (Wildman–Crippen MR) is 79.1 cm³/mol. The fourth-order valence-electron chi connectivity index (χ4n) is 1.84. The van der Waals surface area contributed by atoms with Crippen LogP contribution in [0.15, 0.2) is 28.9 Å². The molecule has 0 bridgehead atoms. The van der Waals surface area contributed by atoms with Crippen LogP contribution in [0, 0.1) is 17.5 Å². The molecule has 0 aliphatic carbocycles. The quantitative estimate of drug-likeness (QED) is 0.647. The van der Waals surface area contributed by atoms with Gasteiger partial charge in [0.15, 0.2) is 11.6 Å². The van der Waals surface area contributed by atoms with Crippen molar-refractivity contribution in [2.75, 3.05) is 0 Å². The lowest BCUT2D eigenvalue weighted by molar-refractivity contribution is 0.0540. The van der Waals surface area contributed by atoms with E-state index in [0.29, 0.717) is 10.5 Å². The van der Waals surface area contributed by atoms with Gasteiger partial charge in [-0.1, -0.05) is 0 Å². The van der Waals surface area contributed by atoms with Crippen molar-refractivity contribution >= 4 is 22.0 Å². The first-order valence-corrected chi connectivity index (χ1v) is 7.14. The maximum absolute atomic E-state index is 13.9. The Morgan fingerprint density at radius 2 is 1.82 bits per heavy atom. The Balaban J connectivity index is 2.56. The predicted octanol–water partition coefficient (Wildman–Crippen LogP) is 5.12. The SMILES string of the molecule is CC(C)(C)OC(=O)n1cc(Br)cc1-c1cc(F)cc(F)c1F. The molecule has 3 nitrogen and oxygen atoms in total. The van der Waals surface area contributed by atoms with E-state index in [9.17, 15) is 18.0 Å². The molecule has 0 amide bonds. The molecule has 118 valence electrons. The van der Waals surface area contributed by atoms with E-state index in [-0.39, 0.29) is 11.3 Å². The minimum absolute atomic E-state index is 0.0166. The van der Waals surface area contributed by atoms with Gasteiger partial charge in [0.25, 0.3) is 0 Å². The molecule has 0 spiro atoms. The Kier molecular flexibility index (Phi) is 4.37. The molecule has 0 unspecified atom stereocenters. The third-order valence-electron chi connectivity index (χ3n) is 2.65. The maximum Gasteiger partial charge on any atom is 0.419 e. The molecule has 0 aliphatic rings. The summed E-state index contributed by atoms with van der Waals surface area (Å²) in [5.41, 5.74) is -1.15. The summed E-state index contributed by atoms with van der Waals surface area (Å²) in [4.78, 5) is 12.2. The summed E-state index contributed by atoms with van der Waals surface area (Å²) in [6.07, 6.45) is 0.559. The van der Waals surface area contributed by atoms with Gasteiger partial charge in [-0.3, -0.25) is 4.57 Å². The van der Waals surface area contributed by atoms with Crippen molar-refractivity contribution in [1.82, 2.24) is 4.57 Å². The van der Waals surface area contributed by atoms with E-state index >= 15 is 0 Å². The number of carbonyl (C=O) groups excluding carboxylic acids is 1. The highest BCUT2D eigenvalue weighted by molar-refractivity contribution is 9.10. The summed E-state index contributed by atoms with van der Waals surface area (Å²) in [5.74, 6) is -3.51. The van der Waals surface area contributed by atoms with Crippen molar-refractivity contribution in [3.63, 3.8) is 0 Å². The van der Waals surface area contributed by atoms with Crippen LogP contribution >= 0.6 is 15.9 Å². The zero-order valence-corrected chi connectivity index (χ0v) is 13.7. The molecule has 0 fully saturated rings. The van der Waals surface area contributed by atoms with Crippen LogP contribution in [0.2, 0.25) is 0 Å². The average Bonchev–Trinajstić information content (AvgIpc) is 2.74. The largest absolute Gasteiger partial charge is 0.443 e. The van der Waals surface area contributed by atoms with Crippen molar-refractivity contribution < 1.29 is 22.7 Å². The first-order chi connectivity index (χ1) is 10.1. The monoisotopic (exact) mass is 375 g/mol. The van der Waals surface area contributed by atoms with E-state index in [4.69, 9.17) is 4.74 Å². The highest BCUT2D eigenvalue weighted by atomic mass is 79.9. The molecule has 0 saturated carbocycles. The van der Waals surface area contributed by atoms with Crippen LogP contribution in [0.5, 0.6) is 0 Å². The van der Waals surface area contributed by atoms with Crippen LogP contribution in [0.25, 0.3) is 11.3 Å². The molecule has 7 heteroatoms. The number of rotatable bonds is 1. The van der Waals surface area contributed by atoms with Gasteiger partial charge < -0.3 is 4.74 Å². The van der Waals surface area contributed by atoms with Gasteiger partial charge in [0, 0.05) is 22.3 Å². The molecule has 2 rings (SSSR count). The third kappa shape index (κ3) is 3.52. The second-order valence-electron chi connectivity index (χ2n) is 5.64. The number of benzene rings is 1. The van der Waals surface area contributed by atoms with Gasteiger partial charge in [0.2, 0.25) is 0 Å². The highest BCUT2D eigenvalue weighted by Gasteiger charge is 2.23. The molecule has 0 radical (unpaired) electrons. The Labute approximate surface area is 133 Å². The summed E-state index contributed by atoms with van der Waals surface area (Å²) in [6, 6.07) is 2.64. The zero-order valence-electron chi connectivity index (χ0n) is 12.1. The van der Waals surface area contributed by atoms with Gasteiger partial charge in [-0.15, -0.1) is 0 Å². The van der Waals surface area contributed by atoms with Crippen LogP contribution in [0.3, 0.4) is 0 Å². The molecule has 0 aliphatic heterocycles. The molecule has 1 heterocycles. The number of ether oxygens (including phenoxy) is 1. The van der Waals surface area contributed by atoms with E-state index < -0.39 is 29.1 Å². The molecule has 22 heavy (non-hydrogen) atoms. The van der Waals surface area contributed by atoms with E-state index in [1.54, 1.807) is 20.8 Å². The van der Waals surface area contributed by atoms with Crippen molar-refractivity contribution in [2.45, 2.75) is 26.4 Å². The summed E-state index contributed by atoms with van der Waals surface area (Å²) < 4.78 is 47.3. The Bertz CT molecular complexity index is 735. The highest BCUT2D eigenvalue weighted by Crippen LogP contribution is 2.30. The Hall–Kier alpha value is -1.76. The van der Waals surface area contributed by atoms with Gasteiger partial charge in [0.05, 0.1) is 5.69 Å². The molecule has 0 N–H and O–H groups in total. The maximum atomic E-state index is 13.9. The normalized spacial score (nSPS) is 11.6. The van der Waals surface area contributed by atoms with Crippen LogP contribution < -0.4 is 0 Å². The topological polar surface area (TPSA) is 31.2 Å². The van der Waals surface area contributed by atoms with E-state index in [1.165, 1.54) is 12.3 Å². The van der Waals surface area contributed by atoms with Crippen LogP contribution in [-0.2, 0) is 4.74 Å². The second-order valence-corrected chi connectivity index (χ2v) is 6.56. The van der Waals surface area contributed by atoms with Crippen molar-refractivity contribution in [3.8, 4) is 11.3 Å². The van der Waals surface area contributed by atoms with Gasteiger partial charge in [-0.2, -0.15) is 0 Å². The summed E-state index contributed by atoms with van der Waals surface area (Å²) in [6.45, 7) is 5.02. The Morgan fingerprint density at radius 3 is 2.41 bits per heavy atom. The first-order valence-electron chi connectivity index (χ1n) is 6.34. The fourth-order valence-corrected chi connectivity index (χ4v) is 2.26. The average molecular weight is 376 g/mol. The molecule has 0 saturated heterocycles. The standard InChI is InChI=1S/C15H13BrF3NO2/c1-15(2,3)22-14(21)20-7-8(16)4-12(20)10-5-9(17)6-11(18)13(10)19/h4-7H,1-3H3. The van der Waals surface area contributed by atoms with E-state index in [0.717, 1.165) is 10.6 Å². The van der Waals surface area contributed by atoms with E-state index in [2.05, 4.69) is 15.9 Å². The van der Waals surface area contributed by atoms with Crippen LogP contribution in [0.4, 0.5) is 18.0 Å². The lowest BCUT2D eigenvalue weighted by atomic mass is 10.1. The zero-order chi connectivity index (χ0) is 16.7. The van der Waals surface area contributed by atoms with Gasteiger partial charge >= 0.3 is 6.09 Å². The number of halogens is 4. The molecule has 1 aromatic heterocycles. The summed E-state index contributed by atoms with van der Waals surface area (Å²) >= 11 is 3.15. The molecule has 1 aromatic carbocycles. The van der Waals surface area contributed by atoms with Crippen molar-refractivity contribution in [3.05, 3.63) is 46.3 Å². The minimum Gasteiger partial charge on any atom is -0.443 e.